The molecule has 0 atom stereocenters. The number of para-hydroxylation sites is 1. The normalized spacial score (nSPS) is 14.5. The number of rotatable bonds is 7. The number of hydrogen-bond donors (Lipinski definition) is 1. The van der Waals surface area contributed by atoms with Crippen LogP contribution in [0.25, 0.3) is 0 Å². The molecule has 0 bridgehead atoms. The first-order valence-electron chi connectivity index (χ1n) is 8.67. The lowest BCUT2D eigenvalue weighted by atomic mass is 10.1. The van der Waals surface area contributed by atoms with E-state index in [-0.39, 0.29) is 5.91 Å². The molecule has 0 saturated heterocycles. The Morgan fingerprint density at radius 3 is 2.27 bits per heavy atom. The van der Waals surface area contributed by atoms with Crippen LogP contribution in [-0.2, 0) is 17.5 Å². The Kier molecular flexibility index (Phi) is 5.61. The number of halogens is 3. The van der Waals surface area contributed by atoms with E-state index >= 15 is 0 Å². The number of nitrogens with zero attached hydrogens (tertiary/aromatic N) is 1. The molecule has 1 N–H and O–H groups in total. The second-order valence-electron chi connectivity index (χ2n) is 6.56. The van der Waals surface area contributed by atoms with Gasteiger partial charge in [-0.1, -0.05) is 30.3 Å². The second-order valence-corrected chi connectivity index (χ2v) is 6.56. The number of benzene rings is 2. The lowest BCUT2D eigenvalue weighted by Gasteiger charge is -2.22. The van der Waals surface area contributed by atoms with Gasteiger partial charge in [0.2, 0.25) is 5.91 Å². The van der Waals surface area contributed by atoms with Crippen molar-refractivity contribution in [2.24, 2.45) is 0 Å². The third-order valence-electron chi connectivity index (χ3n) is 4.41. The molecule has 0 aromatic heterocycles. The summed E-state index contributed by atoms with van der Waals surface area (Å²) in [5, 5.41) is 2.85. The Morgan fingerprint density at radius 1 is 1.04 bits per heavy atom. The fraction of sp³-hybridized carbons (Fsp3) is 0.350. The zero-order valence-corrected chi connectivity index (χ0v) is 14.3. The SMILES string of the molecule is O=C(CCN(Cc1ccc(C(F)(F)F)cc1)C1CC1)Nc1ccccc1. The van der Waals surface area contributed by atoms with Crippen LogP contribution >= 0.6 is 0 Å². The zero-order chi connectivity index (χ0) is 18.6. The summed E-state index contributed by atoms with van der Waals surface area (Å²) in [5.74, 6) is -0.0609. The number of hydrogen-bond acceptors (Lipinski definition) is 2. The monoisotopic (exact) mass is 362 g/mol. The summed E-state index contributed by atoms with van der Waals surface area (Å²) in [7, 11) is 0. The fourth-order valence-corrected chi connectivity index (χ4v) is 2.85. The fourth-order valence-electron chi connectivity index (χ4n) is 2.85. The van der Waals surface area contributed by atoms with Crippen molar-refractivity contribution in [2.45, 2.75) is 38.0 Å². The van der Waals surface area contributed by atoms with Gasteiger partial charge in [0.25, 0.3) is 0 Å². The predicted octanol–water partition coefficient (Wildman–Crippen LogP) is 4.70. The summed E-state index contributed by atoms with van der Waals surface area (Å²) in [6.45, 7) is 1.14. The molecule has 0 spiro atoms. The Hall–Kier alpha value is -2.34. The summed E-state index contributed by atoms with van der Waals surface area (Å²) >= 11 is 0. The van der Waals surface area contributed by atoms with E-state index in [1.54, 1.807) is 0 Å². The van der Waals surface area contributed by atoms with Gasteiger partial charge in [0.05, 0.1) is 5.56 Å². The van der Waals surface area contributed by atoms with E-state index in [2.05, 4.69) is 10.2 Å². The first-order valence-corrected chi connectivity index (χ1v) is 8.67. The van der Waals surface area contributed by atoms with E-state index in [1.165, 1.54) is 12.1 Å². The number of amides is 1. The van der Waals surface area contributed by atoms with Gasteiger partial charge >= 0.3 is 6.18 Å². The third-order valence-corrected chi connectivity index (χ3v) is 4.41. The average Bonchev–Trinajstić information content (AvgIpc) is 3.44. The smallest absolute Gasteiger partial charge is 0.326 e. The molecule has 1 saturated carbocycles. The molecule has 26 heavy (non-hydrogen) atoms. The minimum Gasteiger partial charge on any atom is -0.326 e. The maximum atomic E-state index is 12.7. The van der Waals surface area contributed by atoms with Crippen molar-refractivity contribution in [3.05, 3.63) is 65.7 Å². The van der Waals surface area contributed by atoms with Gasteiger partial charge in [0, 0.05) is 31.2 Å². The van der Waals surface area contributed by atoms with Crippen molar-refractivity contribution in [3.63, 3.8) is 0 Å². The van der Waals surface area contributed by atoms with Crippen LogP contribution in [0.1, 0.15) is 30.4 Å². The highest BCUT2D eigenvalue weighted by Crippen LogP contribution is 2.31. The predicted molar refractivity (Wildman–Crippen MR) is 94.6 cm³/mol. The van der Waals surface area contributed by atoms with Crippen molar-refractivity contribution in [1.82, 2.24) is 4.90 Å². The number of anilines is 1. The lowest BCUT2D eigenvalue weighted by molar-refractivity contribution is -0.137. The molecule has 0 aliphatic heterocycles. The van der Waals surface area contributed by atoms with Gasteiger partial charge < -0.3 is 5.32 Å². The largest absolute Gasteiger partial charge is 0.416 e. The van der Waals surface area contributed by atoms with E-state index in [0.29, 0.717) is 25.6 Å². The van der Waals surface area contributed by atoms with Crippen LogP contribution in [0.15, 0.2) is 54.6 Å². The number of alkyl halides is 3. The van der Waals surface area contributed by atoms with Gasteiger partial charge in [-0.2, -0.15) is 13.2 Å². The minimum atomic E-state index is -4.32. The summed E-state index contributed by atoms with van der Waals surface area (Å²) in [6, 6.07) is 14.9. The highest BCUT2D eigenvalue weighted by Gasteiger charge is 2.31. The number of carbonyl (C=O) groups is 1. The van der Waals surface area contributed by atoms with Crippen molar-refractivity contribution < 1.29 is 18.0 Å². The molecule has 0 radical (unpaired) electrons. The maximum Gasteiger partial charge on any atom is 0.416 e. The van der Waals surface area contributed by atoms with E-state index in [9.17, 15) is 18.0 Å². The van der Waals surface area contributed by atoms with E-state index < -0.39 is 11.7 Å². The van der Waals surface area contributed by atoms with Gasteiger partial charge in [-0.05, 0) is 42.7 Å². The molecular formula is C20H21F3N2O. The van der Waals surface area contributed by atoms with Crippen LogP contribution in [0, 0.1) is 0 Å². The highest BCUT2D eigenvalue weighted by atomic mass is 19.4. The van der Waals surface area contributed by atoms with Crippen molar-refractivity contribution in [2.75, 3.05) is 11.9 Å². The third kappa shape index (κ3) is 5.33. The van der Waals surface area contributed by atoms with Crippen LogP contribution in [0.3, 0.4) is 0 Å². The second kappa shape index (κ2) is 7.91. The molecule has 1 fully saturated rings. The molecule has 3 rings (SSSR count). The minimum absolute atomic E-state index is 0.0609. The highest BCUT2D eigenvalue weighted by molar-refractivity contribution is 5.90. The van der Waals surface area contributed by atoms with Crippen molar-refractivity contribution >= 4 is 11.6 Å². The quantitative estimate of drug-likeness (QED) is 0.774. The molecule has 1 aliphatic carbocycles. The van der Waals surface area contributed by atoms with E-state index in [4.69, 9.17) is 0 Å². The Bertz CT molecular complexity index is 725. The molecule has 6 heteroatoms. The summed E-state index contributed by atoms with van der Waals surface area (Å²) < 4.78 is 38.0. The van der Waals surface area contributed by atoms with Crippen LogP contribution in [0.4, 0.5) is 18.9 Å². The summed E-state index contributed by atoms with van der Waals surface area (Å²) in [5.41, 5.74) is 0.952. The molecule has 0 heterocycles. The van der Waals surface area contributed by atoms with Gasteiger partial charge in [-0.25, -0.2) is 0 Å². The van der Waals surface area contributed by atoms with Gasteiger partial charge in [-0.15, -0.1) is 0 Å². The summed E-state index contributed by atoms with van der Waals surface area (Å²) in [4.78, 5) is 14.3. The standard InChI is InChI=1S/C20H21F3N2O/c21-20(22,23)16-8-6-15(7-9-16)14-25(18-10-11-18)13-12-19(26)24-17-4-2-1-3-5-17/h1-9,18H,10-14H2,(H,24,26). The molecule has 0 unspecified atom stereocenters. The van der Waals surface area contributed by atoms with Crippen molar-refractivity contribution in [3.8, 4) is 0 Å². The molecule has 2 aromatic carbocycles. The molecule has 138 valence electrons. The van der Waals surface area contributed by atoms with Gasteiger partial charge in [-0.3, -0.25) is 9.69 Å². The number of nitrogens with one attached hydrogen (secondary N) is 1. The van der Waals surface area contributed by atoms with Crippen LogP contribution < -0.4 is 5.32 Å². The van der Waals surface area contributed by atoms with Crippen LogP contribution in [-0.4, -0.2) is 23.4 Å². The first kappa shape index (κ1) is 18.5. The molecule has 2 aromatic rings. The van der Waals surface area contributed by atoms with E-state index in [0.717, 1.165) is 36.2 Å². The van der Waals surface area contributed by atoms with Gasteiger partial charge in [0.1, 0.15) is 0 Å². The Balaban J connectivity index is 1.54. The number of carbonyl (C=O) groups excluding carboxylic acids is 1. The Morgan fingerprint density at radius 2 is 1.69 bits per heavy atom. The first-order chi connectivity index (χ1) is 12.4. The van der Waals surface area contributed by atoms with Crippen LogP contribution in [0.5, 0.6) is 0 Å². The Labute approximate surface area is 150 Å². The summed E-state index contributed by atoms with van der Waals surface area (Å²) in [6.07, 6.45) is -1.82. The molecule has 1 amide bonds. The zero-order valence-electron chi connectivity index (χ0n) is 14.3. The van der Waals surface area contributed by atoms with Gasteiger partial charge in [0.15, 0.2) is 0 Å². The average molecular weight is 362 g/mol. The molecular weight excluding hydrogens is 341 g/mol. The maximum absolute atomic E-state index is 12.7. The van der Waals surface area contributed by atoms with Crippen molar-refractivity contribution in [1.29, 1.82) is 0 Å². The molecule has 3 nitrogen and oxygen atoms in total. The molecule has 1 aliphatic rings. The lowest BCUT2D eigenvalue weighted by Crippen LogP contribution is -2.29. The van der Waals surface area contributed by atoms with E-state index in [1.807, 2.05) is 30.3 Å². The van der Waals surface area contributed by atoms with Crippen LogP contribution in [0.2, 0.25) is 0 Å². The topological polar surface area (TPSA) is 32.3 Å².